The first-order valence-corrected chi connectivity index (χ1v) is 6.53. The van der Waals surface area contributed by atoms with Gasteiger partial charge in [-0.1, -0.05) is 0 Å². The molecule has 0 bridgehead atoms. The van der Waals surface area contributed by atoms with E-state index in [4.69, 9.17) is 10.5 Å². The van der Waals surface area contributed by atoms with Crippen LogP contribution < -0.4 is 11.1 Å². The van der Waals surface area contributed by atoms with E-state index in [1.807, 2.05) is 4.90 Å². The highest BCUT2D eigenvalue weighted by atomic mass is 35.5. The van der Waals surface area contributed by atoms with Crippen molar-refractivity contribution in [1.82, 2.24) is 10.2 Å². The van der Waals surface area contributed by atoms with Gasteiger partial charge in [0, 0.05) is 19.6 Å². The lowest BCUT2D eigenvalue weighted by molar-refractivity contribution is -0.145. The number of nitrogens with two attached hydrogens (primary N) is 1. The van der Waals surface area contributed by atoms with Crippen LogP contribution in [-0.2, 0) is 14.3 Å². The molecule has 3 N–H and O–H groups in total. The van der Waals surface area contributed by atoms with Gasteiger partial charge in [-0.25, -0.2) is 0 Å². The number of hydrogen-bond donors (Lipinski definition) is 2. The molecule has 0 aromatic carbocycles. The van der Waals surface area contributed by atoms with Gasteiger partial charge in [0.15, 0.2) is 0 Å². The summed E-state index contributed by atoms with van der Waals surface area (Å²) in [6.45, 7) is 4.88. The summed E-state index contributed by atoms with van der Waals surface area (Å²) in [4.78, 5) is 25.2. The number of amides is 1. The maximum atomic E-state index is 11.8. The van der Waals surface area contributed by atoms with Crippen LogP contribution in [0.2, 0.25) is 0 Å². The number of ether oxygens (including phenoxy) is 1. The second kappa shape index (κ2) is 10.00. The van der Waals surface area contributed by atoms with E-state index in [9.17, 15) is 9.59 Å². The molecule has 1 atom stereocenters. The van der Waals surface area contributed by atoms with Gasteiger partial charge < -0.3 is 15.8 Å². The van der Waals surface area contributed by atoms with Gasteiger partial charge in [0.05, 0.1) is 19.1 Å². The molecular weight excluding hydrogens is 270 g/mol. The van der Waals surface area contributed by atoms with Crippen molar-refractivity contribution in [1.29, 1.82) is 0 Å². The maximum absolute atomic E-state index is 11.8. The zero-order chi connectivity index (χ0) is 13.4. The van der Waals surface area contributed by atoms with E-state index < -0.39 is 0 Å². The Bertz CT molecular complexity index is 289. The van der Waals surface area contributed by atoms with E-state index in [1.165, 1.54) is 0 Å². The molecule has 0 aliphatic carbocycles. The Morgan fingerprint density at radius 1 is 1.47 bits per heavy atom. The lowest BCUT2D eigenvalue weighted by Gasteiger charge is -2.31. The van der Waals surface area contributed by atoms with Crippen LogP contribution in [0, 0.1) is 5.92 Å². The quantitative estimate of drug-likeness (QED) is 0.660. The molecule has 0 aromatic rings. The number of nitrogens with zero attached hydrogens (tertiary/aromatic N) is 1. The third kappa shape index (κ3) is 6.75. The molecule has 1 heterocycles. The van der Waals surface area contributed by atoms with Crippen molar-refractivity contribution in [2.75, 3.05) is 39.3 Å². The molecule has 1 aliphatic heterocycles. The average Bonchev–Trinajstić information content (AvgIpc) is 2.36. The van der Waals surface area contributed by atoms with E-state index in [0.29, 0.717) is 26.2 Å². The van der Waals surface area contributed by atoms with E-state index in [0.717, 1.165) is 19.4 Å². The molecule has 112 valence electrons. The van der Waals surface area contributed by atoms with Gasteiger partial charge in [0.25, 0.3) is 0 Å². The number of hydrogen-bond acceptors (Lipinski definition) is 5. The summed E-state index contributed by atoms with van der Waals surface area (Å²) in [5.41, 5.74) is 5.35. The molecule has 7 heteroatoms. The number of esters is 1. The second-order valence-electron chi connectivity index (χ2n) is 4.46. The molecule has 6 nitrogen and oxygen atoms in total. The van der Waals surface area contributed by atoms with E-state index >= 15 is 0 Å². The van der Waals surface area contributed by atoms with E-state index in [-0.39, 0.29) is 36.7 Å². The standard InChI is InChI=1S/C12H23N3O3.ClH/c1-2-18-11(16)9-15-7-3-4-10(8-15)12(17)14-6-5-13;/h10H,2-9,13H2,1H3,(H,14,17);1H. The highest BCUT2D eigenvalue weighted by molar-refractivity contribution is 5.85. The highest BCUT2D eigenvalue weighted by Gasteiger charge is 2.26. The minimum absolute atomic E-state index is 0. The van der Waals surface area contributed by atoms with Crippen molar-refractivity contribution in [2.45, 2.75) is 19.8 Å². The summed E-state index contributed by atoms with van der Waals surface area (Å²) in [6, 6.07) is 0. The summed E-state index contributed by atoms with van der Waals surface area (Å²) in [6.07, 6.45) is 1.80. The van der Waals surface area contributed by atoms with Gasteiger partial charge in [-0.3, -0.25) is 14.5 Å². The Morgan fingerprint density at radius 3 is 2.84 bits per heavy atom. The topological polar surface area (TPSA) is 84.7 Å². The number of halogens is 1. The smallest absolute Gasteiger partial charge is 0.320 e. The fraction of sp³-hybridized carbons (Fsp3) is 0.833. The second-order valence-corrected chi connectivity index (χ2v) is 4.46. The zero-order valence-corrected chi connectivity index (χ0v) is 12.2. The number of piperidine rings is 1. The van der Waals surface area contributed by atoms with E-state index in [2.05, 4.69) is 5.32 Å². The molecule has 0 radical (unpaired) electrons. The Kier molecular flexibility index (Phi) is 9.55. The molecule has 0 aromatic heterocycles. The van der Waals surface area contributed by atoms with Crippen molar-refractivity contribution in [2.24, 2.45) is 11.7 Å². The molecule has 1 unspecified atom stereocenters. The van der Waals surface area contributed by atoms with Crippen LogP contribution in [0.4, 0.5) is 0 Å². The van der Waals surface area contributed by atoms with Crippen LogP contribution in [-0.4, -0.2) is 56.1 Å². The largest absolute Gasteiger partial charge is 0.465 e. The Hall–Kier alpha value is -0.850. The number of carbonyl (C=O) groups excluding carboxylic acids is 2. The minimum Gasteiger partial charge on any atom is -0.465 e. The van der Waals surface area contributed by atoms with Crippen molar-refractivity contribution in [3.05, 3.63) is 0 Å². The molecule has 1 fully saturated rings. The fourth-order valence-electron chi connectivity index (χ4n) is 2.14. The third-order valence-corrected chi connectivity index (χ3v) is 2.98. The van der Waals surface area contributed by atoms with Gasteiger partial charge in [-0.15, -0.1) is 12.4 Å². The number of carbonyl (C=O) groups is 2. The third-order valence-electron chi connectivity index (χ3n) is 2.98. The van der Waals surface area contributed by atoms with Gasteiger partial charge in [0.1, 0.15) is 0 Å². The number of likely N-dealkylation sites (tertiary alicyclic amines) is 1. The van der Waals surface area contributed by atoms with Gasteiger partial charge >= 0.3 is 5.97 Å². The zero-order valence-electron chi connectivity index (χ0n) is 11.4. The van der Waals surface area contributed by atoms with Crippen LogP contribution in [0.1, 0.15) is 19.8 Å². The van der Waals surface area contributed by atoms with Crippen LogP contribution in [0.15, 0.2) is 0 Å². The molecule has 1 aliphatic rings. The first-order chi connectivity index (χ1) is 8.67. The summed E-state index contributed by atoms with van der Waals surface area (Å²) >= 11 is 0. The SMILES string of the molecule is CCOC(=O)CN1CCCC(C(=O)NCCN)C1.Cl. The first kappa shape index (κ1) is 18.1. The molecule has 19 heavy (non-hydrogen) atoms. The van der Waals surface area contributed by atoms with Crippen LogP contribution >= 0.6 is 12.4 Å². The van der Waals surface area contributed by atoms with Crippen LogP contribution in [0.25, 0.3) is 0 Å². The summed E-state index contributed by atoms with van der Waals surface area (Å²) < 4.78 is 4.91. The number of nitrogens with one attached hydrogen (secondary N) is 1. The summed E-state index contributed by atoms with van der Waals surface area (Å²) in [7, 11) is 0. The van der Waals surface area contributed by atoms with E-state index in [1.54, 1.807) is 6.92 Å². The molecular formula is C12H24ClN3O3. The summed E-state index contributed by atoms with van der Waals surface area (Å²) in [5.74, 6) is -0.228. The Labute approximate surface area is 120 Å². The molecule has 1 rings (SSSR count). The van der Waals surface area contributed by atoms with Crippen LogP contribution in [0.3, 0.4) is 0 Å². The Balaban J connectivity index is 0.00000324. The number of rotatable bonds is 6. The molecule has 1 saturated heterocycles. The van der Waals surface area contributed by atoms with Crippen LogP contribution in [0.5, 0.6) is 0 Å². The minimum atomic E-state index is -0.222. The van der Waals surface area contributed by atoms with Crippen molar-refractivity contribution in [3.8, 4) is 0 Å². The summed E-state index contributed by atoms with van der Waals surface area (Å²) in [5, 5.41) is 2.79. The average molecular weight is 294 g/mol. The monoisotopic (exact) mass is 293 g/mol. The normalized spacial score (nSPS) is 19.4. The van der Waals surface area contributed by atoms with Gasteiger partial charge in [-0.2, -0.15) is 0 Å². The highest BCUT2D eigenvalue weighted by Crippen LogP contribution is 2.16. The Morgan fingerprint density at radius 2 is 2.21 bits per heavy atom. The van der Waals surface area contributed by atoms with Gasteiger partial charge in [0.2, 0.25) is 5.91 Å². The van der Waals surface area contributed by atoms with Crippen molar-refractivity contribution in [3.63, 3.8) is 0 Å². The molecule has 0 saturated carbocycles. The predicted octanol–water partition coefficient (Wildman–Crippen LogP) is -0.242. The fourth-order valence-corrected chi connectivity index (χ4v) is 2.14. The van der Waals surface area contributed by atoms with Gasteiger partial charge in [-0.05, 0) is 26.3 Å². The van der Waals surface area contributed by atoms with Crippen molar-refractivity contribution < 1.29 is 14.3 Å². The van der Waals surface area contributed by atoms with Crippen molar-refractivity contribution >= 4 is 24.3 Å². The first-order valence-electron chi connectivity index (χ1n) is 6.53. The molecule has 1 amide bonds. The predicted molar refractivity (Wildman–Crippen MR) is 75.1 cm³/mol. The maximum Gasteiger partial charge on any atom is 0.320 e. The lowest BCUT2D eigenvalue weighted by Crippen LogP contribution is -2.45. The lowest BCUT2D eigenvalue weighted by atomic mass is 9.97. The molecule has 0 spiro atoms.